The zero-order valence-corrected chi connectivity index (χ0v) is 12.6. The van der Waals surface area contributed by atoms with Crippen molar-refractivity contribution in [3.8, 4) is 17.6 Å². The van der Waals surface area contributed by atoms with Crippen LogP contribution in [0.1, 0.15) is 25.5 Å². The Labute approximate surface area is 124 Å². The normalized spacial score (nSPS) is 12.2. The van der Waals surface area contributed by atoms with Crippen molar-refractivity contribution in [2.45, 2.75) is 20.0 Å². The van der Waals surface area contributed by atoms with Gasteiger partial charge in [-0.3, -0.25) is 4.79 Å². The zero-order chi connectivity index (χ0) is 16.0. The van der Waals surface area contributed by atoms with E-state index >= 15 is 0 Å². The van der Waals surface area contributed by atoms with Gasteiger partial charge in [-0.15, -0.1) is 0 Å². The molecule has 1 aromatic rings. The highest BCUT2D eigenvalue weighted by Gasteiger charge is 2.27. The van der Waals surface area contributed by atoms with Crippen LogP contribution in [0.5, 0.6) is 11.5 Å². The Bertz CT molecular complexity index is 549. The summed E-state index contributed by atoms with van der Waals surface area (Å²) in [6.07, 6.45) is -0.964. The molecule has 0 radical (unpaired) electrons. The van der Waals surface area contributed by atoms with Crippen LogP contribution in [0, 0.1) is 16.7 Å². The van der Waals surface area contributed by atoms with Crippen LogP contribution in [0.2, 0.25) is 0 Å². The summed E-state index contributed by atoms with van der Waals surface area (Å²) in [4.78, 5) is 11.8. The van der Waals surface area contributed by atoms with Gasteiger partial charge in [-0.2, -0.15) is 5.26 Å². The van der Waals surface area contributed by atoms with E-state index in [9.17, 15) is 9.90 Å². The van der Waals surface area contributed by atoms with Gasteiger partial charge < -0.3 is 19.9 Å². The van der Waals surface area contributed by atoms with Crippen LogP contribution < -0.4 is 14.8 Å². The minimum atomic E-state index is -1.14. The van der Waals surface area contributed by atoms with E-state index in [0.29, 0.717) is 17.1 Å². The molecule has 6 heteroatoms. The summed E-state index contributed by atoms with van der Waals surface area (Å²) in [5.74, 6) is 0.636. The van der Waals surface area contributed by atoms with E-state index in [4.69, 9.17) is 14.7 Å². The average molecular weight is 292 g/mol. The topological polar surface area (TPSA) is 91.6 Å². The second kappa shape index (κ2) is 6.95. The highest BCUT2D eigenvalue weighted by molar-refractivity contribution is 5.84. The fourth-order valence-corrected chi connectivity index (χ4v) is 1.67. The lowest BCUT2D eigenvalue weighted by molar-refractivity contribution is -0.127. The molecule has 0 aromatic heterocycles. The van der Waals surface area contributed by atoms with Gasteiger partial charge in [0.25, 0.3) is 0 Å². The second-order valence-corrected chi connectivity index (χ2v) is 5.07. The maximum atomic E-state index is 11.8. The first-order chi connectivity index (χ1) is 9.85. The van der Waals surface area contributed by atoms with E-state index < -0.39 is 17.4 Å². The van der Waals surface area contributed by atoms with Crippen molar-refractivity contribution in [3.63, 3.8) is 0 Å². The molecular formula is C15H20N2O4. The Morgan fingerprint density at radius 2 is 2.10 bits per heavy atom. The van der Waals surface area contributed by atoms with Gasteiger partial charge in [0.1, 0.15) is 16.9 Å². The van der Waals surface area contributed by atoms with Gasteiger partial charge in [-0.05, 0) is 32.0 Å². The van der Waals surface area contributed by atoms with Gasteiger partial charge in [0, 0.05) is 12.1 Å². The van der Waals surface area contributed by atoms with E-state index in [2.05, 4.69) is 5.32 Å². The molecule has 0 aliphatic rings. The van der Waals surface area contributed by atoms with Gasteiger partial charge in [0.2, 0.25) is 5.91 Å². The third-order valence-electron chi connectivity index (χ3n) is 3.10. The summed E-state index contributed by atoms with van der Waals surface area (Å²) in [5.41, 5.74) is -0.634. The molecule has 0 saturated heterocycles. The first kappa shape index (κ1) is 16.8. The number of nitrogens with one attached hydrogen (secondary N) is 1. The standard InChI is InChI=1S/C15H20N2O4/c1-15(2,9-16)14(19)17-8-12(18)11-7-10(20-3)5-6-13(11)21-4/h5-7,12,18H,8H2,1-4H3,(H,17,19). The van der Waals surface area contributed by atoms with Crippen LogP contribution in [0.4, 0.5) is 0 Å². The highest BCUT2D eigenvalue weighted by Crippen LogP contribution is 2.29. The summed E-state index contributed by atoms with van der Waals surface area (Å²) < 4.78 is 10.3. The van der Waals surface area contributed by atoms with Crippen molar-refractivity contribution in [1.82, 2.24) is 5.32 Å². The Morgan fingerprint density at radius 1 is 1.43 bits per heavy atom. The number of aliphatic hydroxyl groups is 1. The predicted octanol–water partition coefficient (Wildman–Crippen LogP) is 1.40. The lowest BCUT2D eigenvalue weighted by Gasteiger charge is -2.19. The second-order valence-electron chi connectivity index (χ2n) is 5.07. The lowest BCUT2D eigenvalue weighted by Crippen LogP contribution is -2.38. The number of carbonyl (C=O) groups excluding carboxylic acids is 1. The molecule has 1 aromatic carbocycles. The van der Waals surface area contributed by atoms with Crippen molar-refractivity contribution in [2.75, 3.05) is 20.8 Å². The Morgan fingerprint density at radius 3 is 2.62 bits per heavy atom. The fourth-order valence-electron chi connectivity index (χ4n) is 1.67. The highest BCUT2D eigenvalue weighted by atomic mass is 16.5. The number of carbonyl (C=O) groups is 1. The van der Waals surface area contributed by atoms with E-state index in [1.807, 2.05) is 6.07 Å². The lowest BCUT2D eigenvalue weighted by atomic mass is 9.94. The third-order valence-corrected chi connectivity index (χ3v) is 3.10. The van der Waals surface area contributed by atoms with E-state index in [-0.39, 0.29) is 6.54 Å². The predicted molar refractivity (Wildman–Crippen MR) is 76.9 cm³/mol. The van der Waals surface area contributed by atoms with Gasteiger partial charge in [-0.1, -0.05) is 0 Å². The molecule has 21 heavy (non-hydrogen) atoms. The van der Waals surface area contributed by atoms with Crippen molar-refractivity contribution >= 4 is 5.91 Å². The number of nitrogens with zero attached hydrogens (tertiary/aromatic N) is 1. The number of nitriles is 1. The molecule has 6 nitrogen and oxygen atoms in total. The van der Waals surface area contributed by atoms with E-state index in [1.54, 1.807) is 18.2 Å². The average Bonchev–Trinajstić information content (AvgIpc) is 2.51. The number of methoxy groups -OCH3 is 2. The van der Waals surface area contributed by atoms with Crippen molar-refractivity contribution in [3.05, 3.63) is 23.8 Å². The van der Waals surface area contributed by atoms with Crippen LogP contribution in [0.15, 0.2) is 18.2 Å². The number of hydrogen-bond acceptors (Lipinski definition) is 5. The molecule has 0 aliphatic carbocycles. The van der Waals surface area contributed by atoms with Crippen LogP contribution in [0.25, 0.3) is 0 Å². The van der Waals surface area contributed by atoms with Gasteiger partial charge in [-0.25, -0.2) is 0 Å². The maximum Gasteiger partial charge on any atom is 0.240 e. The number of rotatable bonds is 6. The Kier molecular flexibility index (Phi) is 5.56. The summed E-state index contributed by atoms with van der Waals surface area (Å²) in [7, 11) is 3.02. The number of hydrogen-bond donors (Lipinski definition) is 2. The molecule has 0 bridgehead atoms. The summed E-state index contributed by atoms with van der Waals surface area (Å²) in [6.45, 7) is 3.01. The van der Waals surface area contributed by atoms with Crippen LogP contribution in [-0.4, -0.2) is 31.8 Å². The van der Waals surface area contributed by atoms with Gasteiger partial charge in [0.15, 0.2) is 0 Å². The van der Waals surface area contributed by atoms with Crippen molar-refractivity contribution in [1.29, 1.82) is 5.26 Å². The molecule has 0 spiro atoms. The smallest absolute Gasteiger partial charge is 0.240 e. The summed E-state index contributed by atoms with van der Waals surface area (Å²) in [5, 5.41) is 21.6. The first-order valence-electron chi connectivity index (χ1n) is 6.45. The molecule has 0 heterocycles. The van der Waals surface area contributed by atoms with Crippen LogP contribution in [0.3, 0.4) is 0 Å². The molecule has 0 fully saturated rings. The van der Waals surface area contributed by atoms with Crippen molar-refractivity contribution < 1.29 is 19.4 Å². The van der Waals surface area contributed by atoms with Crippen LogP contribution >= 0.6 is 0 Å². The van der Waals surface area contributed by atoms with E-state index in [1.165, 1.54) is 28.1 Å². The van der Waals surface area contributed by atoms with Crippen LogP contribution in [-0.2, 0) is 4.79 Å². The molecule has 1 amide bonds. The molecule has 0 aliphatic heterocycles. The number of amides is 1. The van der Waals surface area contributed by atoms with Crippen molar-refractivity contribution in [2.24, 2.45) is 5.41 Å². The van der Waals surface area contributed by atoms with Gasteiger partial charge in [0.05, 0.1) is 26.4 Å². The SMILES string of the molecule is COc1ccc(OC)c(C(O)CNC(=O)C(C)(C)C#N)c1. The molecular weight excluding hydrogens is 272 g/mol. The third kappa shape index (κ3) is 4.10. The van der Waals surface area contributed by atoms with Gasteiger partial charge >= 0.3 is 0 Å². The first-order valence-corrected chi connectivity index (χ1v) is 6.45. The molecule has 1 rings (SSSR count). The molecule has 1 atom stereocenters. The number of aliphatic hydroxyl groups excluding tert-OH is 1. The summed E-state index contributed by atoms with van der Waals surface area (Å²) in [6, 6.07) is 6.94. The number of benzene rings is 1. The monoisotopic (exact) mass is 292 g/mol. The fraction of sp³-hybridized carbons (Fsp3) is 0.467. The number of ether oxygens (including phenoxy) is 2. The molecule has 1 unspecified atom stereocenters. The minimum Gasteiger partial charge on any atom is -0.497 e. The molecule has 114 valence electrons. The van der Waals surface area contributed by atoms with E-state index in [0.717, 1.165) is 0 Å². The quantitative estimate of drug-likeness (QED) is 0.827. The Hall–Kier alpha value is -2.26. The largest absolute Gasteiger partial charge is 0.497 e. The maximum absolute atomic E-state index is 11.8. The Balaban J connectivity index is 2.83. The molecule has 2 N–H and O–H groups in total. The summed E-state index contributed by atoms with van der Waals surface area (Å²) >= 11 is 0. The zero-order valence-electron chi connectivity index (χ0n) is 12.6. The molecule has 0 saturated carbocycles. The minimum absolute atomic E-state index is 0.0204.